The van der Waals surface area contributed by atoms with Crippen molar-refractivity contribution in [1.29, 1.82) is 0 Å². The highest BCUT2D eigenvalue weighted by molar-refractivity contribution is 6.05. The molecule has 1 N–H and O–H groups in total. The van der Waals surface area contributed by atoms with E-state index in [1.807, 2.05) is 6.92 Å². The smallest absolute Gasteiger partial charge is 0.321 e. The molecule has 3 unspecified atom stereocenters. The molecule has 2 aliphatic rings. The van der Waals surface area contributed by atoms with Gasteiger partial charge >= 0.3 is 5.97 Å². The maximum absolute atomic E-state index is 12.2. The number of carbonyl (C=O) groups excluding carboxylic acids is 2. The third-order valence-corrected chi connectivity index (χ3v) is 4.16. The van der Waals surface area contributed by atoms with Gasteiger partial charge in [0.2, 0.25) is 11.8 Å². The van der Waals surface area contributed by atoms with E-state index in [1.165, 1.54) is 4.90 Å². The number of amides is 2. The van der Waals surface area contributed by atoms with Gasteiger partial charge < -0.3 is 5.11 Å². The monoisotopic (exact) mass is 268 g/mol. The number of carboxylic acid groups (broad SMARTS) is 1. The normalized spacial score (nSPS) is 32.9. The number of piperidine rings is 1. The summed E-state index contributed by atoms with van der Waals surface area (Å²) in [5.41, 5.74) is 0. The van der Waals surface area contributed by atoms with Crippen molar-refractivity contribution in [3.8, 4) is 0 Å². The highest BCUT2D eigenvalue weighted by Crippen LogP contribution is 2.29. The van der Waals surface area contributed by atoms with Crippen LogP contribution in [0.2, 0.25) is 0 Å². The Morgan fingerprint density at radius 3 is 2.63 bits per heavy atom. The second kappa shape index (κ2) is 5.28. The van der Waals surface area contributed by atoms with Gasteiger partial charge in [-0.05, 0) is 32.2 Å². The summed E-state index contributed by atoms with van der Waals surface area (Å²) in [4.78, 5) is 38.3. The largest absolute Gasteiger partial charge is 0.480 e. The van der Waals surface area contributed by atoms with Crippen LogP contribution < -0.4 is 0 Å². The maximum atomic E-state index is 12.2. The quantitative estimate of drug-likeness (QED) is 0.746. The number of hydrogen-bond donors (Lipinski definition) is 1. The predicted molar refractivity (Wildman–Crippen MR) is 67.3 cm³/mol. The van der Waals surface area contributed by atoms with E-state index in [4.69, 9.17) is 0 Å². The molecule has 3 atom stereocenters. The maximum Gasteiger partial charge on any atom is 0.321 e. The molecule has 2 rings (SSSR count). The first kappa shape index (κ1) is 14.0. The SMILES string of the molecule is CCN1C(=O)CC(N2CCCC(C)C2C(=O)O)C1=O. The number of imide groups is 1. The van der Waals surface area contributed by atoms with Gasteiger partial charge in [0.05, 0.1) is 12.5 Å². The lowest BCUT2D eigenvalue weighted by Crippen LogP contribution is -2.55. The first-order chi connectivity index (χ1) is 8.97. The van der Waals surface area contributed by atoms with Crippen LogP contribution in [-0.4, -0.2) is 57.9 Å². The minimum Gasteiger partial charge on any atom is -0.480 e. The molecular formula is C13H20N2O4. The molecule has 6 heteroatoms. The summed E-state index contributed by atoms with van der Waals surface area (Å²) in [5.74, 6) is -1.33. The van der Waals surface area contributed by atoms with Gasteiger partial charge in [0, 0.05) is 6.54 Å². The summed E-state index contributed by atoms with van der Waals surface area (Å²) < 4.78 is 0. The van der Waals surface area contributed by atoms with Gasteiger partial charge in [-0.1, -0.05) is 6.92 Å². The third kappa shape index (κ3) is 2.36. The molecule has 0 spiro atoms. The second-order valence-electron chi connectivity index (χ2n) is 5.34. The molecule has 2 saturated heterocycles. The van der Waals surface area contributed by atoms with Crippen molar-refractivity contribution in [3.05, 3.63) is 0 Å². The van der Waals surface area contributed by atoms with Crippen molar-refractivity contribution in [2.45, 2.75) is 45.2 Å². The zero-order valence-electron chi connectivity index (χ0n) is 11.3. The fourth-order valence-electron chi connectivity index (χ4n) is 3.21. The molecule has 6 nitrogen and oxygen atoms in total. The third-order valence-electron chi connectivity index (χ3n) is 4.16. The van der Waals surface area contributed by atoms with E-state index in [0.29, 0.717) is 13.1 Å². The minimum absolute atomic E-state index is 0.00447. The molecule has 2 amide bonds. The summed E-state index contributed by atoms with van der Waals surface area (Å²) in [7, 11) is 0. The molecular weight excluding hydrogens is 248 g/mol. The Hall–Kier alpha value is -1.43. The van der Waals surface area contributed by atoms with E-state index in [-0.39, 0.29) is 24.2 Å². The number of hydrogen-bond acceptors (Lipinski definition) is 4. The van der Waals surface area contributed by atoms with E-state index in [0.717, 1.165) is 12.8 Å². The van der Waals surface area contributed by atoms with Gasteiger partial charge in [0.15, 0.2) is 0 Å². The van der Waals surface area contributed by atoms with Crippen LogP contribution in [0.15, 0.2) is 0 Å². The van der Waals surface area contributed by atoms with E-state index in [1.54, 1.807) is 11.8 Å². The predicted octanol–water partition coefficient (Wildman–Crippen LogP) is 0.319. The van der Waals surface area contributed by atoms with E-state index >= 15 is 0 Å². The minimum atomic E-state index is -0.901. The van der Waals surface area contributed by atoms with Gasteiger partial charge in [-0.25, -0.2) is 0 Å². The second-order valence-corrected chi connectivity index (χ2v) is 5.34. The lowest BCUT2D eigenvalue weighted by atomic mass is 9.89. The Morgan fingerprint density at radius 1 is 1.42 bits per heavy atom. The molecule has 0 aromatic heterocycles. The molecule has 0 radical (unpaired) electrons. The molecule has 0 aliphatic carbocycles. The lowest BCUT2D eigenvalue weighted by molar-refractivity contribution is -0.150. The Morgan fingerprint density at radius 2 is 2.11 bits per heavy atom. The molecule has 2 aliphatic heterocycles. The fraction of sp³-hybridized carbons (Fsp3) is 0.769. The number of carboxylic acids is 1. The molecule has 2 heterocycles. The van der Waals surface area contributed by atoms with Crippen LogP contribution in [0, 0.1) is 5.92 Å². The van der Waals surface area contributed by atoms with Gasteiger partial charge in [0.1, 0.15) is 6.04 Å². The number of likely N-dealkylation sites (tertiary alicyclic amines) is 2. The Bertz CT molecular complexity index is 409. The van der Waals surface area contributed by atoms with Crippen LogP contribution >= 0.6 is 0 Å². The zero-order valence-corrected chi connectivity index (χ0v) is 11.3. The highest BCUT2D eigenvalue weighted by atomic mass is 16.4. The topological polar surface area (TPSA) is 77.9 Å². The molecule has 0 saturated carbocycles. The number of aliphatic carboxylic acids is 1. The van der Waals surface area contributed by atoms with Crippen LogP contribution in [0.4, 0.5) is 0 Å². The standard InChI is InChI=1S/C13H20N2O4/c1-3-14-10(16)7-9(12(14)17)15-6-4-5-8(2)11(15)13(18)19/h8-9,11H,3-7H2,1-2H3,(H,18,19). The van der Waals surface area contributed by atoms with Crippen LogP contribution in [0.1, 0.15) is 33.1 Å². The summed E-state index contributed by atoms with van der Waals surface area (Å²) >= 11 is 0. The molecule has 2 fully saturated rings. The summed E-state index contributed by atoms with van der Waals surface area (Å²) in [5, 5.41) is 9.36. The van der Waals surface area contributed by atoms with Crippen molar-refractivity contribution in [2.75, 3.05) is 13.1 Å². The van der Waals surface area contributed by atoms with Gasteiger partial charge in [-0.15, -0.1) is 0 Å². The van der Waals surface area contributed by atoms with Crippen LogP contribution in [0.25, 0.3) is 0 Å². The number of carbonyl (C=O) groups is 3. The van der Waals surface area contributed by atoms with Gasteiger partial charge in [-0.2, -0.15) is 0 Å². The molecule has 106 valence electrons. The fourth-order valence-corrected chi connectivity index (χ4v) is 3.21. The van der Waals surface area contributed by atoms with Gasteiger partial charge in [-0.3, -0.25) is 24.2 Å². The average molecular weight is 268 g/mol. The molecule has 0 aromatic carbocycles. The number of rotatable bonds is 3. The van der Waals surface area contributed by atoms with Crippen LogP contribution in [0.5, 0.6) is 0 Å². The Kier molecular flexibility index (Phi) is 3.89. The summed E-state index contributed by atoms with van der Waals surface area (Å²) in [6, 6.07) is -1.25. The van der Waals surface area contributed by atoms with E-state index in [2.05, 4.69) is 0 Å². The number of nitrogens with zero attached hydrogens (tertiary/aromatic N) is 2. The highest BCUT2D eigenvalue weighted by Gasteiger charge is 2.47. The van der Waals surface area contributed by atoms with Crippen LogP contribution in [0.3, 0.4) is 0 Å². The lowest BCUT2D eigenvalue weighted by Gasteiger charge is -2.39. The molecule has 0 aromatic rings. The van der Waals surface area contributed by atoms with Crippen molar-refractivity contribution < 1.29 is 19.5 Å². The summed E-state index contributed by atoms with van der Waals surface area (Å²) in [6.45, 7) is 4.58. The zero-order chi connectivity index (χ0) is 14.2. The first-order valence-electron chi connectivity index (χ1n) is 6.80. The first-order valence-corrected chi connectivity index (χ1v) is 6.80. The van der Waals surface area contributed by atoms with E-state index in [9.17, 15) is 19.5 Å². The van der Waals surface area contributed by atoms with Gasteiger partial charge in [0.25, 0.3) is 0 Å². The van der Waals surface area contributed by atoms with E-state index < -0.39 is 18.1 Å². The van der Waals surface area contributed by atoms with Crippen molar-refractivity contribution >= 4 is 17.8 Å². The number of likely N-dealkylation sites (N-methyl/N-ethyl adjacent to an activating group) is 1. The van der Waals surface area contributed by atoms with Crippen molar-refractivity contribution in [3.63, 3.8) is 0 Å². The molecule has 0 bridgehead atoms. The average Bonchev–Trinajstić information content (AvgIpc) is 2.63. The Labute approximate surface area is 112 Å². The van der Waals surface area contributed by atoms with Crippen molar-refractivity contribution in [2.24, 2.45) is 5.92 Å². The van der Waals surface area contributed by atoms with Crippen molar-refractivity contribution in [1.82, 2.24) is 9.80 Å². The summed E-state index contributed by atoms with van der Waals surface area (Å²) in [6.07, 6.45) is 1.83. The Balaban J connectivity index is 2.22. The van der Waals surface area contributed by atoms with Crippen LogP contribution in [-0.2, 0) is 14.4 Å². The molecule has 19 heavy (non-hydrogen) atoms.